The van der Waals surface area contributed by atoms with Gasteiger partial charge in [-0.1, -0.05) is 89.2 Å². The largest absolute Gasteiger partial charge is 0.481 e. The van der Waals surface area contributed by atoms with Crippen LogP contribution in [0.3, 0.4) is 0 Å². The van der Waals surface area contributed by atoms with Crippen LogP contribution in [0, 0.1) is 0 Å². The van der Waals surface area contributed by atoms with Crippen LogP contribution in [0.25, 0.3) is 0 Å². The molecule has 6 N–H and O–H groups in total. The molecule has 17 nitrogen and oxygen atoms in total. The number of amides is 5. The molecule has 4 aromatic carbocycles. The summed E-state index contributed by atoms with van der Waals surface area (Å²) in [7, 11) is 2.50. The number of likely N-dealkylation sites (tertiary alicyclic amines) is 1. The van der Waals surface area contributed by atoms with Gasteiger partial charge in [-0.15, -0.1) is 12.4 Å². The van der Waals surface area contributed by atoms with Gasteiger partial charge in [0.2, 0.25) is 17.7 Å². The van der Waals surface area contributed by atoms with Crippen molar-refractivity contribution >= 4 is 118 Å². The topological polar surface area (TPSA) is 239 Å². The molecule has 2 heterocycles. The number of carbonyl (C=O) groups excluding carboxylic acids is 7. The van der Waals surface area contributed by atoms with Gasteiger partial charge < -0.3 is 46.1 Å². The van der Waals surface area contributed by atoms with Crippen LogP contribution in [-0.2, 0) is 51.1 Å². The Hall–Kier alpha value is -5.95. The number of nitrogens with zero attached hydrogens (tertiary/aromatic N) is 1. The molecule has 2 unspecified atom stereocenters. The number of nitrogens with one attached hydrogen (secondary N) is 5. The first-order chi connectivity index (χ1) is 34.0. The SMILES string of the molecule is COC(=O)[C@H](Cc1ccc(NC(=O)c2c(Cl)cccc2Cl)cc1)NC(=O)C1CCCCN1.COC(=O)[C@H](Cc1ccc(NC(=O)c2c(Cl)cccc2Cl)cc1)NC(=O)C1CCCCN1C(=O)CCC(=O)O.Cl. The van der Waals surface area contributed by atoms with Crippen LogP contribution >= 0.6 is 58.8 Å². The minimum Gasteiger partial charge on any atom is -0.481 e. The monoisotopic (exact) mass is 1090 g/mol. The van der Waals surface area contributed by atoms with Gasteiger partial charge in [-0.3, -0.25) is 28.8 Å². The third-order valence-electron chi connectivity index (χ3n) is 11.6. The zero-order chi connectivity index (χ0) is 51.6. The molecule has 2 saturated heterocycles. The quantitative estimate of drug-likeness (QED) is 0.0558. The molecule has 4 atom stereocenters. The number of carboxylic acids is 1. The molecule has 386 valence electrons. The second-order valence-electron chi connectivity index (χ2n) is 16.6. The smallest absolute Gasteiger partial charge is 0.328 e. The number of rotatable bonds is 17. The summed E-state index contributed by atoms with van der Waals surface area (Å²) in [6.45, 7) is 1.12. The van der Waals surface area contributed by atoms with Crippen LogP contribution in [0.1, 0.15) is 83.2 Å². The summed E-state index contributed by atoms with van der Waals surface area (Å²) >= 11 is 24.4. The number of methoxy groups -OCH3 is 2. The molecule has 22 heteroatoms. The molecule has 2 aliphatic rings. The highest BCUT2D eigenvalue weighted by Crippen LogP contribution is 2.27. The van der Waals surface area contributed by atoms with Gasteiger partial charge in [0.1, 0.15) is 18.1 Å². The van der Waals surface area contributed by atoms with E-state index in [0.29, 0.717) is 36.3 Å². The van der Waals surface area contributed by atoms with E-state index >= 15 is 0 Å². The lowest BCUT2D eigenvalue weighted by Crippen LogP contribution is -2.55. The zero-order valence-electron chi connectivity index (χ0n) is 39.3. The summed E-state index contributed by atoms with van der Waals surface area (Å²) in [6.07, 6.45) is 4.41. The average molecular weight is 1090 g/mol. The van der Waals surface area contributed by atoms with E-state index in [9.17, 15) is 38.4 Å². The molecule has 6 rings (SSSR count). The Balaban J connectivity index is 0.000000314. The second kappa shape index (κ2) is 28.9. The molecule has 2 fully saturated rings. The lowest BCUT2D eigenvalue weighted by Gasteiger charge is -2.35. The van der Waals surface area contributed by atoms with E-state index in [0.717, 1.165) is 37.8 Å². The normalized spacial score (nSPS) is 15.9. The molecule has 0 aliphatic carbocycles. The lowest BCUT2D eigenvalue weighted by atomic mass is 9.99. The maximum atomic E-state index is 13.1. The summed E-state index contributed by atoms with van der Waals surface area (Å²) < 4.78 is 9.74. The molecule has 0 aromatic heterocycles. The number of anilines is 2. The first-order valence-corrected chi connectivity index (χ1v) is 24.2. The Labute approximate surface area is 442 Å². The highest BCUT2D eigenvalue weighted by atomic mass is 35.5. The average Bonchev–Trinajstić information content (AvgIpc) is 3.36. The first kappa shape index (κ1) is 58.6. The van der Waals surface area contributed by atoms with Crippen LogP contribution in [0.5, 0.6) is 0 Å². The van der Waals surface area contributed by atoms with Gasteiger partial charge in [0.25, 0.3) is 11.8 Å². The number of carboxylic acid groups (broad SMARTS) is 1. The van der Waals surface area contributed by atoms with E-state index in [1.165, 1.54) is 19.1 Å². The van der Waals surface area contributed by atoms with Gasteiger partial charge in [-0.05, 0) is 98.3 Å². The van der Waals surface area contributed by atoms with Gasteiger partial charge in [0.15, 0.2) is 0 Å². The van der Waals surface area contributed by atoms with Crippen LogP contribution in [0.4, 0.5) is 11.4 Å². The Morgan fingerprint density at radius 2 is 1.07 bits per heavy atom. The summed E-state index contributed by atoms with van der Waals surface area (Å²) in [5.74, 6) is -4.29. The molecule has 4 aromatic rings. The number of hydrogen-bond donors (Lipinski definition) is 6. The molecule has 0 saturated carbocycles. The van der Waals surface area contributed by atoms with Crippen molar-refractivity contribution in [2.24, 2.45) is 0 Å². The fraction of sp³-hybridized carbons (Fsp3) is 0.360. The second-order valence-corrected chi connectivity index (χ2v) is 18.2. The van der Waals surface area contributed by atoms with Crippen molar-refractivity contribution in [3.8, 4) is 0 Å². The fourth-order valence-corrected chi connectivity index (χ4v) is 9.02. The predicted octanol–water partition coefficient (Wildman–Crippen LogP) is 7.70. The van der Waals surface area contributed by atoms with E-state index in [2.05, 4.69) is 26.6 Å². The molecule has 5 amide bonds. The fourth-order valence-electron chi connectivity index (χ4n) is 7.88. The molecule has 0 spiro atoms. The third kappa shape index (κ3) is 17.1. The molecular weight excluding hydrogens is 1040 g/mol. The van der Waals surface area contributed by atoms with E-state index in [1.807, 2.05) is 0 Å². The van der Waals surface area contributed by atoms with Crippen molar-refractivity contribution in [2.75, 3.05) is 37.9 Å². The van der Waals surface area contributed by atoms with Crippen molar-refractivity contribution in [2.45, 2.75) is 88.4 Å². The summed E-state index contributed by atoms with van der Waals surface area (Å²) in [5, 5.41) is 24.0. The molecule has 0 bridgehead atoms. The van der Waals surface area contributed by atoms with E-state index in [1.54, 1.807) is 84.9 Å². The Kier molecular flexibility index (Phi) is 23.6. The van der Waals surface area contributed by atoms with Gasteiger partial charge in [0.05, 0.1) is 57.9 Å². The van der Waals surface area contributed by atoms with Gasteiger partial charge in [-0.2, -0.15) is 0 Å². The molecule has 0 radical (unpaired) electrons. The minimum atomic E-state index is -1.09. The van der Waals surface area contributed by atoms with Crippen molar-refractivity contribution in [3.05, 3.63) is 127 Å². The lowest BCUT2D eigenvalue weighted by molar-refractivity contribution is -0.148. The van der Waals surface area contributed by atoms with Crippen LogP contribution in [0.2, 0.25) is 20.1 Å². The van der Waals surface area contributed by atoms with Gasteiger partial charge in [-0.25, -0.2) is 9.59 Å². The number of halogens is 5. The number of ether oxygens (including phenoxy) is 2. The van der Waals surface area contributed by atoms with Gasteiger partial charge >= 0.3 is 17.9 Å². The van der Waals surface area contributed by atoms with E-state index in [4.69, 9.17) is 61.0 Å². The molecule has 2 aliphatic heterocycles. The van der Waals surface area contributed by atoms with Crippen LogP contribution in [-0.4, -0.2) is 109 Å². The Morgan fingerprint density at radius 1 is 0.625 bits per heavy atom. The standard InChI is InChI=1S/C27H29Cl2N3O7.C23H25Cl2N3O4.ClH/c1-39-27(38)20(31-25(36)21-7-2-3-14-32(21)22(33)12-13-23(34)35)15-16-8-10-17(11-9-16)30-26(37)24-18(28)5-4-6-19(24)29;1-32-23(31)19(28-21(29)18-7-2-3-12-26-18)13-14-8-10-15(11-9-14)27-22(30)20-16(24)5-4-6-17(20)25;/h4-6,8-11,20-21H,2-3,7,12-15H2,1H3,(H,30,37)(H,31,36)(H,34,35);4-6,8-11,18-19,26H,2-3,7,12-13H2,1H3,(H,27,30)(H,28,29);1H/t20-,21?;18?,19-;/m00./s1. The van der Waals surface area contributed by atoms with Gasteiger partial charge in [0, 0.05) is 37.2 Å². The van der Waals surface area contributed by atoms with Crippen LogP contribution in [0.15, 0.2) is 84.9 Å². The minimum absolute atomic E-state index is 0. The maximum Gasteiger partial charge on any atom is 0.328 e. The molecular formula is C50H55Cl5N6O11. The van der Waals surface area contributed by atoms with Crippen molar-refractivity contribution in [1.29, 1.82) is 0 Å². The number of aliphatic carboxylic acids is 1. The van der Waals surface area contributed by atoms with Crippen molar-refractivity contribution < 1.29 is 52.9 Å². The number of carbonyl (C=O) groups is 8. The Morgan fingerprint density at radius 3 is 1.49 bits per heavy atom. The summed E-state index contributed by atoms with van der Waals surface area (Å²) in [6, 6.07) is 20.3. The van der Waals surface area contributed by atoms with E-state index < -0.39 is 59.7 Å². The summed E-state index contributed by atoms with van der Waals surface area (Å²) in [4.78, 5) is 100. The maximum absolute atomic E-state index is 13.1. The predicted molar refractivity (Wildman–Crippen MR) is 276 cm³/mol. The van der Waals surface area contributed by atoms with Crippen molar-refractivity contribution in [3.63, 3.8) is 0 Å². The Bertz CT molecular complexity index is 2520. The van der Waals surface area contributed by atoms with E-state index in [-0.39, 0.29) is 81.3 Å². The first-order valence-electron chi connectivity index (χ1n) is 22.7. The van der Waals surface area contributed by atoms with Crippen molar-refractivity contribution in [1.82, 2.24) is 20.9 Å². The number of piperidine rings is 2. The number of hydrogen-bond acceptors (Lipinski definition) is 11. The highest BCUT2D eigenvalue weighted by molar-refractivity contribution is 6.41. The van der Waals surface area contributed by atoms with Crippen LogP contribution < -0.4 is 26.6 Å². The number of esters is 2. The summed E-state index contributed by atoms with van der Waals surface area (Å²) in [5.41, 5.74) is 2.83. The number of benzene rings is 4. The highest BCUT2D eigenvalue weighted by Gasteiger charge is 2.35. The third-order valence-corrected chi connectivity index (χ3v) is 12.9. The molecule has 72 heavy (non-hydrogen) atoms. The zero-order valence-corrected chi connectivity index (χ0v) is 43.1.